The first kappa shape index (κ1) is 7.34. The van der Waals surface area contributed by atoms with E-state index in [0.29, 0.717) is 13.2 Å². The van der Waals surface area contributed by atoms with Gasteiger partial charge in [-0.3, -0.25) is 4.79 Å². The molecule has 0 bridgehead atoms. The highest BCUT2D eigenvalue weighted by Crippen LogP contribution is 2.37. The van der Waals surface area contributed by atoms with E-state index in [2.05, 4.69) is 11.3 Å². The zero-order valence-electron chi connectivity index (χ0n) is 6.58. The first-order chi connectivity index (χ1) is 5.70. The summed E-state index contributed by atoms with van der Waals surface area (Å²) in [5.74, 6) is -0.266. The van der Waals surface area contributed by atoms with Crippen molar-refractivity contribution in [1.82, 2.24) is 4.90 Å². The molecule has 1 saturated carbocycles. The topological polar surface area (TPSA) is 46.6 Å². The Labute approximate surface area is 69.8 Å². The van der Waals surface area contributed by atoms with Crippen molar-refractivity contribution >= 4 is 12.0 Å². The van der Waals surface area contributed by atoms with Gasteiger partial charge in [-0.15, -0.1) is 0 Å². The van der Waals surface area contributed by atoms with Crippen LogP contribution in [-0.2, 0) is 9.53 Å². The molecule has 0 N–H and O–H groups in total. The third kappa shape index (κ3) is 0.995. The predicted molar refractivity (Wildman–Crippen MR) is 40.3 cm³/mol. The molecule has 2 amide bonds. The lowest BCUT2D eigenvalue weighted by Gasteiger charge is -2.08. The molecule has 4 heteroatoms. The van der Waals surface area contributed by atoms with Gasteiger partial charge in [0.1, 0.15) is 6.61 Å². The molecule has 64 valence electrons. The zero-order valence-corrected chi connectivity index (χ0v) is 6.58. The van der Waals surface area contributed by atoms with Gasteiger partial charge in [-0.05, 0) is 6.42 Å². The van der Waals surface area contributed by atoms with Crippen molar-refractivity contribution in [3.8, 4) is 0 Å². The van der Waals surface area contributed by atoms with Gasteiger partial charge >= 0.3 is 6.09 Å². The lowest BCUT2D eigenvalue weighted by Crippen LogP contribution is -2.32. The number of ether oxygens (including phenoxy) is 1. The first-order valence-corrected chi connectivity index (χ1v) is 3.86. The van der Waals surface area contributed by atoms with E-state index in [0.717, 1.165) is 16.9 Å². The van der Waals surface area contributed by atoms with Crippen molar-refractivity contribution in [2.45, 2.75) is 6.42 Å². The van der Waals surface area contributed by atoms with Crippen LogP contribution in [0.1, 0.15) is 6.42 Å². The Hall–Kier alpha value is -1.32. The van der Waals surface area contributed by atoms with E-state index < -0.39 is 6.09 Å². The molecule has 1 aliphatic carbocycles. The largest absolute Gasteiger partial charge is 0.447 e. The Morgan fingerprint density at radius 1 is 1.67 bits per heavy atom. The standard InChI is InChI=1S/C8H9NO3/c1-5-4-6(5)7(10)9-2-3-12-8(9)11/h6H,1-4H2. The van der Waals surface area contributed by atoms with Crippen LogP contribution in [0.3, 0.4) is 0 Å². The summed E-state index contributed by atoms with van der Waals surface area (Å²) in [6.07, 6.45) is 0.211. The Morgan fingerprint density at radius 2 is 2.33 bits per heavy atom. The fourth-order valence-electron chi connectivity index (χ4n) is 1.25. The molecule has 1 atom stereocenters. The molecule has 4 nitrogen and oxygen atoms in total. The molecule has 0 aromatic rings. The van der Waals surface area contributed by atoms with Crippen LogP contribution in [0, 0.1) is 5.92 Å². The van der Waals surface area contributed by atoms with Gasteiger partial charge in [-0.2, -0.15) is 0 Å². The minimum Gasteiger partial charge on any atom is -0.447 e. The minimum atomic E-state index is -0.514. The molecule has 1 heterocycles. The van der Waals surface area contributed by atoms with Crippen LogP contribution in [0.5, 0.6) is 0 Å². The predicted octanol–water partition coefficient (Wildman–Crippen LogP) is 0.541. The Morgan fingerprint density at radius 3 is 2.75 bits per heavy atom. The van der Waals surface area contributed by atoms with E-state index in [9.17, 15) is 9.59 Å². The number of cyclic esters (lactones) is 1. The number of imide groups is 1. The van der Waals surface area contributed by atoms with Crippen LogP contribution in [0.15, 0.2) is 12.2 Å². The van der Waals surface area contributed by atoms with Crippen LogP contribution in [0.4, 0.5) is 4.79 Å². The van der Waals surface area contributed by atoms with E-state index in [4.69, 9.17) is 0 Å². The van der Waals surface area contributed by atoms with Crippen molar-refractivity contribution in [2.24, 2.45) is 5.92 Å². The maximum atomic E-state index is 11.4. The molecular formula is C8H9NO3. The third-order valence-electron chi connectivity index (χ3n) is 2.12. The highest BCUT2D eigenvalue weighted by molar-refractivity contribution is 5.97. The molecular weight excluding hydrogens is 158 g/mol. The van der Waals surface area contributed by atoms with Crippen molar-refractivity contribution in [3.63, 3.8) is 0 Å². The summed E-state index contributed by atoms with van der Waals surface area (Å²) in [4.78, 5) is 23.5. The number of hydrogen-bond donors (Lipinski definition) is 0. The Bertz CT molecular complexity index is 271. The molecule has 1 saturated heterocycles. The number of rotatable bonds is 1. The van der Waals surface area contributed by atoms with Crippen LogP contribution in [-0.4, -0.2) is 30.1 Å². The SMILES string of the molecule is C=C1CC1C(=O)N1CCOC1=O. The number of nitrogens with zero attached hydrogens (tertiary/aromatic N) is 1. The maximum Gasteiger partial charge on any atom is 0.416 e. The Kier molecular flexibility index (Phi) is 1.43. The fourth-order valence-corrected chi connectivity index (χ4v) is 1.25. The van der Waals surface area contributed by atoms with Gasteiger partial charge in [0, 0.05) is 0 Å². The van der Waals surface area contributed by atoms with Crippen molar-refractivity contribution in [2.75, 3.05) is 13.2 Å². The van der Waals surface area contributed by atoms with Gasteiger partial charge in [0.15, 0.2) is 0 Å². The second-order valence-electron chi connectivity index (χ2n) is 3.02. The number of carbonyl (C=O) groups is 2. The average molecular weight is 167 g/mol. The lowest BCUT2D eigenvalue weighted by atomic mass is 10.3. The van der Waals surface area contributed by atoms with Gasteiger partial charge in [0.05, 0.1) is 12.5 Å². The molecule has 2 rings (SSSR count). The summed E-state index contributed by atoms with van der Waals surface area (Å²) in [7, 11) is 0. The zero-order chi connectivity index (χ0) is 8.72. The van der Waals surface area contributed by atoms with E-state index in [-0.39, 0.29) is 11.8 Å². The molecule has 0 aromatic carbocycles. The second-order valence-corrected chi connectivity index (χ2v) is 3.02. The van der Waals surface area contributed by atoms with Crippen molar-refractivity contribution < 1.29 is 14.3 Å². The molecule has 2 aliphatic rings. The average Bonchev–Trinajstić information content (AvgIpc) is 2.59. The fraction of sp³-hybridized carbons (Fsp3) is 0.500. The minimum absolute atomic E-state index is 0.115. The normalized spacial score (nSPS) is 27.3. The summed E-state index contributed by atoms with van der Waals surface area (Å²) in [5.41, 5.74) is 0.916. The number of hydrogen-bond acceptors (Lipinski definition) is 3. The molecule has 0 aromatic heterocycles. The molecule has 0 radical (unpaired) electrons. The molecule has 1 unspecified atom stereocenters. The number of carbonyl (C=O) groups excluding carboxylic acids is 2. The highest BCUT2D eigenvalue weighted by Gasteiger charge is 2.41. The van der Waals surface area contributed by atoms with E-state index in [1.54, 1.807) is 0 Å². The van der Waals surface area contributed by atoms with Crippen molar-refractivity contribution in [1.29, 1.82) is 0 Å². The molecule has 1 aliphatic heterocycles. The maximum absolute atomic E-state index is 11.4. The summed E-state index contributed by atoms with van der Waals surface area (Å²) >= 11 is 0. The van der Waals surface area contributed by atoms with Crippen LogP contribution in [0.2, 0.25) is 0 Å². The quantitative estimate of drug-likeness (QED) is 0.535. The van der Waals surface area contributed by atoms with E-state index in [1.165, 1.54) is 0 Å². The van der Waals surface area contributed by atoms with Crippen molar-refractivity contribution in [3.05, 3.63) is 12.2 Å². The summed E-state index contributed by atoms with van der Waals surface area (Å²) in [6, 6.07) is 0. The van der Waals surface area contributed by atoms with Crippen LogP contribution < -0.4 is 0 Å². The molecule has 12 heavy (non-hydrogen) atoms. The lowest BCUT2D eigenvalue weighted by molar-refractivity contribution is -0.128. The van der Waals surface area contributed by atoms with Crippen LogP contribution >= 0.6 is 0 Å². The van der Waals surface area contributed by atoms with Crippen LogP contribution in [0.25, 0.3) is 0 Å². The van der Waals surface area contributed by atoms with Gasteiger partial charge in [-0.25, -0.2) is 9.69 Å². The summed E-state index contributed by atoms with van der Waals surface area (Å²) in [6.45, 7) is 4.38. The monoisotopic (exact) mass is 167 g/mol. The van der Waals surface area contributed by atoms with Gasteiger partial charge in [0.2, 0.25) is 5.91 Å². The first-order valence-electron chi connectivity index (χ1n) is 3.86. The molecule has 2 fully saturated rings. The highest BCUT2D eigenvalue weighted by atomic mass is 16.6. The van der Waals surface area contributed by atoms with E-state index >= 15 is 0 Å². The molecule has 0 spiro atoms. The van der Waals surface area contributed by atoms with Gasteiger partial charge in [-0.1, -0.05) is 12.2 Å². The summed E-state index contributed by atoms with van der Waals surface area (Å²) in [5, 5.41) is 0. The van der Waals surface area contributed by atoms with E-state index in [1.807, 2.05) is 0 Å². The summed E-state index contributed by atoms with van der Waals surface area (Å²) < 4.78 is 4.64. The number of amides is 2. The second kappa shape index (κ2) is 2.33. The van der Waals surface area contributed by atoms with Gasteiger partial charge < -0.3 is 4.74 Å². The Balaban J connectivity index is 2.04. The third-order valence-corrected chi connectivity index (χ3v) is 2.12. The smallest absolute Gasteiger partial charge is 0.416 e. The van der Waals surface area contributed by atoms with Gasteiger partial charge in [0.25, 0.3) is 0 Å².